The first-order chi connectivity index (χ1) is 16.5. The number of nitrogens with zero attached hydrogens (tertiary/aromatic N) is 3. The molecule has 0 aliphatic carbocycles. The number of ether oxygens (including phenoxy) is 1. The zero-order valence-electron chi connectivity index (χ0n) is 18.6. The molecule has 1 aliphatic heterocycles. The maximum Gasteiger partial charge on any atom is 0.336 e. The summed E-state index contributed by atoms with van der Waals surface area (Å²) in [7, 11) is 0. The summed E-state index contributed by atoms with van der Waals surface area (Å²) >= 11 is 7.92. The number of hydrogen-bond donors (Lipinski definition) is 0. The van der Waals surface area contributed by atoms with Gasteiger partial charge in [-0.1, -0.05) is 30.3 Å². The van der Waals surface area contributed by atoms with Gasteiger partial charge in [0.15, 0.2) is 11.0 Å². The molecule has 0 N–H and O–H groups in total. The second-order valence-corrected chi connectivity index (χ2v) is 9.58. The Morgan fingerprint density at radius 2 is 2.00 bits per heavy atom. The summed E-state index contributed by atoms with van der Waals surface area (Å²) in [6.07, 6.45) is 2.81. The molecule has 1 unspecified atom stereocenters. The van der Waals surface area contributed by atoms with Crippen LogP contribution >= 0.6 is 23.4 Å². The highest BCUT2D eigenvalue weighted by molar-refractivity contribution is 7.98. The van der Waals surface area contributed by atoms with Crippen LogP contribution in [0.15, 0.2) is 56.8 Å². The van der Waals surface area contributed by atoms with Crippen molar-refractivity contribution in [2.45, 2.75) is 49.7 Å². The Kier molecular flexibility index (Phi) is 6.72. The Labute approximate surface area is 205 Å². The van der Waals surface area contributed by atoms with Crippen molar-refractivity contribution in [1.29, 1.82) is 0 Å². The summed E-state index contributed by atoms with van der Waals surface area (Å²) in [5, 5.41) is 11.0. The monoisotopic (exact) mass is 499 g/mol. The molecule has 1 saturated heterocycles. The molecule has 1 aliphatic rings. The Hall–Kier alpha value is -2.68. The maximum absolute atomic E-state index is 13.5. The normalized spacial score (nSPS) is 15.9. The number of aromatic nitrogens is 3. The van der Waals surface area contributed by atoms with E-state index in [1.54, 1.807) is 12.1 Å². The molecule has 0 saturated carbocycles. The molecule has 3 heterocycles. The van der Waals surface area contributed by atoms with Gasteiger partial charge in [-0.3, -0.25) is 4.57 Å². The lowest BCUT2D eigenvalue weighted by Crippen LogP contribution is -2.16. The van der Waals surface area contributed by atoms with Crippen molar-refractivity contribution in [2.24, 2.45) is 0 Å². The first-order valence-corrected chi connectivity index (χ1v) is 12.6. The molecule has 1 atom stereocenters. The van der Waals surface area contributed by atoms with Crippen LogP contribution in [0.2, 0.25) is 5.02 Å². The quantitative estimate of drug-likeness (QED) is 0.234. The Morgan fingerprint density at radius 1 is 1.18 bits per heavy atom. The summed E-state index contributed by atoms with van der Waals surface area (Å²) in [6.45, 7) is 3.35. The highest BCUT2D eigenvalue weighted by Crippen LogP contribution is 2.32. The molecular formula is C25H23ClFN3O3S. The SMILES string of the molecule is CCc1cc2oc(=O)cc(CSc3nnc(-c4ccc(F)cc4)n3CC3CCCO3)c2cc1Cl. The van der Waals surface area contributed by atoms with Gasteiger partial charge >= 0.3 is 5.63 Å². The molecule has 176 valence electrons. The number of benzene rings is 2. The van der Waals surface area contributed by atoms with E-state index in [9.17, 15) is 9.18 Å². The van der Waals surface area contributed by atoms with Gasteiger partial charge in [0.2, 0.25) is 0 Å². The summed E-state index contributed by atoms with van der Waals surface area (Å²) in [5.74, 6) is 0.839. The standard InChI is InChI=1S/C25H23ClFN3O3S/c1-2-15-10-22-20(12-21(15)26)17(11-23(31)33-22)14-34-25-29-28-24(16-5-7-18(27)8-6-16)30(25)13-19-4-3-9-32-19/h5-8,10-12,19H,2-4,9,13-14H2,1H3. The van der Waals surface area contributed by atoms with Crippen molar-refractivity contribution in [3.63, 3.8) is 0 Å². The molecule has 2 aromatic heterocycles. The lowest BCUT2D eigenvalue weighted by atomic mass is 10.1. The number of fused-ring (bicyclic) bond motifs is 1. The minimum atomic E-state index is -0.403. The van der Waals surface area contributed by atoms with Crippen molar-refractivity contribution < 1.29 is 13.5 Å². The lowest BCUT2D eigenvalue weighted by Gasteiger charge is -2.15. The van der Waals surface area contributed by atoms with Crippen molar-refractivity contribution >= 4 is 34.3 Å². The van der Waals surface area contributed by atoms with Crippen LogP contribution in [0.25, 0.3) is 22.4 Å². The van der Waals surface area contributed by atoms with E-state index in [-0.39, 0.29) is 11.9 Å². The molecule has 5 rings (SSSR count). The van der Waals surface area contributed by atoms with Gasteiger partial charge in [0.25, 0.3) is 0 Å². The second kappa shape index (κ2) is 9.90. The van der Waals surface area contributed by atoms with Gasteiger partial charge in [0.1, 0.15) is 11.4 Å². The number of hydrogen-bond acceptors (Lipinski definition) is 6. The minimum Gasteiger partial charge on any atom is -0.423 e. The zero-order valence-corrected chi connectivity index (χ0v) is 20.2. The second-order valence-electron chi connectivity index (χ2n) is 8.23. The van der Waals surface area contributed by atoms with Crippen LogP contribution in [0.1, 0.15) is 30.9 Å². The fourth-order valence-electron chi connectivity index (χ4n) is 4.19. The van der Waals surface area contributed by atoms with Crippen LogP contribution in [0.3, 0.4) is 0 Å². The highest BCUT2D eigenvalue weighted by atomic mass is 35.5. The fraction of sp³-hybridized carbons (Fsp3) is 0.320. The topological polar surface area (TPSA) is 70.2 Å². The molecule has 0 bridgehead atoms. The Bertz CT molecular complexity index is 1380. The van der Waals surface area contributed by atoms with Crippen LogP contribution in [0.5, 0.6) is 0 Å². The molecule has 1 fully saturated rings. The number of thioether (sulfide) groups is 1. The van der Waals surface area contributed by atoms with Crippen molar-refractivity contribution in [2.75, 3.05) is 6.61 Å². The Balaban J connectivity index is 1.48. The van der Waals surface area contributed by atoms with Gasteiger partial charge in [-0.25, -0.2) is 9.18 Å². The van der Waals surface area contributed by atoms with E-state index in [1.807, 2.05) is 23.6 Å². The first kappa shape index (κ1) is 23.1. The number of aryl methyl sites for hydroxylation is 1. The maximum atomic E-state index is 13.5. The van der Waals surface area contributed by atoms with E-state index < -0.39 is 5.63 Å². The van der Waals surface area contributed by atoms with E-state index >= 15 is 0 Å². The van der Waals surface area contributed by atoms with Crippen LogP contribution in [-0.4, -0.2) is 27.5 Å². The largest absolute Gasteiger partial charge is 0.423 e. The minimum absolute atomic E-state index is 0.0745. The third-order valence-corrected chi connectivity index (χ3v) is 7.33. The van der Waals surface area contributed by atoms with Crippen LogP contribution in [0, 0.1) is 5.82 Å². The van der Waals surface area contributed by atoms with Crippen LogP contribution in [-0.2, 0) is 23.5 Å². The van der Waals surface area contributed by atoms with Gasteiger partial charge in [-0.05, 0) is 66.8 Å². The van der Waals surface area contributed by atoms with Gasteiger partial charge in [0.05, 0.1) is 12.6 Å². The van der Waals surface area contributed by atoms with E-state index in [0.29, 0.717) is 33.9 Å². The number of halogens is 2. The van der Waals surface area contributed by atoms with Gasteiger partial charge in [-0.2, -0.15) is 0 Å². The van der Waals surface area contributed by atoms with Crippen molar-refractivity contribution in [1.82, 2.24) is 14.8 Å². The smallest absolute Gasteiger partial charge is 0.336 e. The number of rotatable bonds is 7. The van der Waals surface area contributed by atoms with E-state index in [2.05, 4.69) is 10.2 Å². The first-order valence-electron chi connectivity index (χ1n) is 11.2. The molecule has 9 heteroatoms. The molecule has 0 amide bonds. The third-order valence-electron chi connectivity index (χ3n) is 5.96. The molecule has 4 aromatic rings. The molecular weight excluding hydrogens is 477 g/mol. The molecule has 2 aromatic carbocycles. The van der Waals surface area contributed by atoms with E-state index in [4.69, 9.17) is 20.8 Å². The Morgan fingerprint density at radius 3 is 2.74 bits per heavy atom. The molecule has 6 nitrogen and oxygen atoms in total. The van der Waals surface area contributed by atoms with Gasteiger partial charge in [-0.15, -0.1) is 10.2 Å². The van der Waals surface area contributed by atoms with Crippen LogP contribution in [0.4, 0.5) is 4.39 Å². The van der Waals surface area contributed by atoms with Crippen molar-refractivity contribution in [3.8, 4) is 11.4 Å². The molecule has 0 spiro atoms. The summed E-state index contributed by atoms with van der Waals surface area (Å²) in [5.41, 5.74) is 2.65. The van der Waals surface area contributed by atoms with Crippen LogP contribution < -0.4 is 5.63 Å². The average molecular weight is 500 g/mol. The van der Waals surface area contributed by atoms with Gasteiger partial charge < -0.3 is 9.15 Å². The summed E-state index contributed by atoms with van der Waals surface area (Å²) in [4.78, 5) is 12.2. The zero-order chi connectivity index (χ0) is 23.7. The summed E-state index contributed by atoms with van der Waals surface area (Å²) in [6, 6.07) is 11.4. The lowest BCUT2D eigenvalue weighted by molar-refractivity contribution is 0.0953. The highest BCUT2D eigenvalue weighted by Gasteiger charge is 2.22. The molecule has 0 radical (unpaired) electrons. The average Bonchev–Trinajstić information content (AvgIpc) is 3.48. The van der Waals surface area contributed by atoms with Crippen molar-refractivity contribution in [3.05, 3.63) is 74.9 Å². The van der Waals surface area contributed by atoms with E-state index in [0.717, 1.165) is 47.9 Å². The third kappa shape index (κ3) is 4.76. The van der Waals surface area contributed by atoms with E-state index in [1.165, 1.54) is 30.0 Å². The predicted octanol–water partition coefficient (Wildman–Crippen LogP) is 5.88. The predicted molar refractivity (Wildman–Crippen MR) is 131 cm³/mol. The molecule has 34 heavy (non-hydrogen) atoms. The fourth-order valence-corrected chi connectivity index (χ4v) is 5.42. The van der Waals surface area contributed by atoms with Gasteiger partial charge in [0, 0.05) is 34.4 Å². The summed E-state index contributed by atoms with van der Waals surface area (Å²) < 4.78 is 26.8.